The molecule has 0 radical (unpaired) electrons. The van der Waals surface area contributed by atoms with Crippen LogP contribution in [0, 0.1) is 0 Å². The highest BCUT2D eigenvalue weighted by Crippen LogP contribution is 2.29. The third-order valence-electron chi connectivity index (χ3n) is 4.72. The van der Waals surface area contributed by atoms with Crippen molar-refractivity contribution in [2.75, 3.05) is 20.6 Å². The van der Waals surface area contributed by atoms with Gasteiger partial charge in [-0.3, -0.25) is 4.79 Å². The zero-order valence-corrected chi connectivity index (χ0v) is 17.4. The van der Waals surface area contributed by atoms with Gasteiger partial charge in [-0.05, 0) is 41.3 Å². The van der Waals surface area contributed by atoms with E-state index in [0.717, 1.165) is 11.1 Å². The number of halogens is 2. The molecule has 1 heterocycles. The van der Waals surface area contributed by atoms with Crippen LogP contribution in [0.1, 0.15) is 16.7 Å². The van der Waals surface area contributed by atoms with Gasteiger partial charge in [0.1, 0.15) is 0 Å². The number of sulfonamides is 1. The van der Waals surface area contributed by atoms with Crippen LogP contribution in [0.3, 0.4) is 0 Å². The van der Waals surface area contributed by atoms with Gasteiger partial charge < -0.3 is 4.90 Å². The Morgan fingerprint density at radius 3 is 2.37 bits per heavy atom. The molecule has 2 aromatic carbocycles. The first-order chi connectivity index (χ1) is 12.7. The molecule has 0 N–H and O–H groups in total. The molecular weight excluding hydrogens is 407 g/mol. The normalized spacial score (nSPS) is 14.3. The highest BCUT2D eigenvalue weighted by Gasteiger charge is 2.28. The summed E-state index contributed by atoms with van der Waals surface area (Å²) in [4.78, 5) is 14.8. The van der Waals surface area contributed by atoms with Crippen LogP contribution in [0.25, 0.3) is 0 Å². The summed E-state index contributed by atoms with van der Waals surface area (Å²) in [6.07, 6.45) is 0.601. The van der Waals surface area contributed by atoms with E-state index in [4.69, 9.17) is 23.2 Å². The lowest BCUT2D eigenvalue weighted by Crippen LogP contribution is -2.38. The van der Waals surface area contributed by atoms with Crippen LogP contribution in [-0.4, -0.2) is 44.2 Å². The van der Waals surface area contributed by atoms with Crippen LogP contribution in [0.4, 0.5) is 0 Å². The Morgan fingerprint density at radius 2 is 1.74 bits per heavy atom. The Balaban J connectivity index is 1.84. The van der Waals surface area contributed by atoms with Crippen LogP contribution < -0.4 is 0 Å². The molecule has 27 heavy (non-hydrogen) atoms. The maximum absolute atomic E-state index is 12.8. The Morgan fingerprint density at radius 1 is 1.11 bits per heavy atom. The smallest absolute Gasteiger partial charge is 0.242 e. The average Bonchev–Trinajstić information content (AvgIpc) is 2.63. The van der Waals surface area contributed by atoms with E-state index >= 15 is 0 Å². The molecule has 0 bridgehead atoms. The SMILES string of the molecule is CN(C)S(=O)(=O)c1cccc2c1CCN(C(=O)Cc1c(Cl)cccc1Cl)C2. The molecule has 0 saturated heterocycles. The van der Waals surface area contributed by atoms with E-state index in [2.05, 4.69) is 0 Å². The molecule has 0 unspecified atom stereocenters. The van der Waals surface area contributed by atoms with Crippen molar-refractivity contribution in [3.05, 3.63) is 63.1 Å². The van der Waals surface area contributed by atoms with Crippen molar-refractivity contribution in [2.45, 2.75) is 24.3 Å². The number of hydrogen-bond acceptors (Lipinski definition) is 3. The molecule has 1 amide bonds. The molecule has 0 fully saturated rings. The first kappa shape index (κ1) is 20.1. The minimum atomic E-state index is -3.52. The molecule has 0 spiro atoms. The van der Waals surface area contributed by atoms with Crippen molar-refractivity contribution in [3.8, 4) is 0 Å². The highest BCUT2D eigenvalue weighted by atomic mass is 35.5. The number of nitrogens with zero attached hydrogens (tertiary/aromatic N) is 2. The van der Waals surface area contributed by atoms with Crippen molar-refractivity contribution in [3.63, 3.8) is 0 Å². The number of carbonyl (C=O) groups excluding carboxylic acids is 1. The minimum absolute atomic E-state index is 0.0866. The van der Waals surface area contributed by atoms with Crippen molar-refractivity contribution >= 4 is 39.1 Å². The zero-order valence-electron chi connectivity index (χ0n) is 15.1. The molecule has 0 aliphatic carbocycles. The van der Waals surface area contributed by atoms with E-state index in [-0.39, 0.29) is 12.3 Å². The standard InChI is InChI=1S/C19H20Cl2N2O3S/c1-22(2)27(25,26)18-8-3-5-13-12-23(10-9-14(13)18)19(24)11-15-16(20)6-4-7-17(15)21/h3-8H,9-12H2,1-2H3. The average molecular weight is 427 g/mol. The summed E-state index contributed by atoms with van der Waals surface area (Å²) >= 11 is 12.3. The summed E-state index contributed by atoms with van der Waals surface area (Å²) in [5, 5.41) is 0.931. The van der Waals surface area contributed by atoms with E-state index < -0.39 is 10.0 Å². The predicted molar refractivity (Wildman–Crippen MR) is 107 cm³/mol. The lowest BCUT2D eigenvalue weighted by molar-refractivity contribution is -0.131. The molecule has 2 aromatic rings. The molecule has 1 aliphatic heterocycles. The van der Waals surface area contributed by atoms with Crippen molar-refractivity contribution in [1.82, 2.24) is 9.21 Å². The maximum atomic E-state index is 12.8. The maximum Gasteiger partial charge on any atom is 0.242 e. The van der Waals surface area contributed by atoms with E-state index in [1.807, 2.05) is 6.07 Å². The van der Waals surface area contributed by atoms with Gasteiger partial charge in [0.2, 0.25) is 15.9 Å². The first-order valence-electron chi connectivity index (χ1n) is 8.45. The Labute approximate surface area is 169 Å². The zero-order chi connectivity index (χ0) is 19.8. The number of fused-ring (bicyclic) bond motifs is 1. The molecule has 0 atom stereocenters. The Kier molecular flexibility index (Phi) is 5.82. The lowest BCUT2D eigenvalue weighted by Gasteiger charge is -2.30. The number of carbonyl (C=O) groups is 1. The Hall–Kier alpha value is -1.60. The molecule has 8 heteroatoms. The fraction of sp³-hybridized carbons (Fsp3) is 0.316. The van der Waals surface area contributed by atoms with Gasteiger partial charge in [-0.15, -0.1) is 0 Å². The molecular formula is C19H20Cl2N2O3S. The molecule has 144 valence electrons. The number of rotatable bonds is 4. The van der Waals surface area contributed by atoms with Crippen LogP contribution in [0.5, 0.6) is 0 Å². The second kappa shape index (κ2) is 7.80. The number of amides is 1. The fourth-order valence-corrected chi connectivity index (χ4v) is 4.91. The molecule has 1 aliphatic rings. The van der Waals surface area contributed by atoms with Crippen LogP contribution >= 0.6 is 23.2 Å². The molecule has 0 saturated carbocycles. The molecule has 5 nitrogen and oxygen atoms in total. The minimum Gasteiger partial charge on any atom is -0.338 e. The van der Waals surface area contributed by atoms with E-state index in [1.54, 1.807) is 35.2 Å². The predicted octanol–water partition coefficient (Wildman–Crippen LogP) is 3.37. The number of hydrogen-bond donors (Lipinski definition) is 0. The lowest BCUT2D eigenvalue weighted by atomic mass is 9.99. The van der Waals surface area contributed by atoms with Gasteiger partial charge in [0, 0.05) is 37.2 Å². The van der Waals surface area contributed by atoms with Crippen LogP contribution in [0.2, 0.25) is 10.0 Å². The van der Waals surface area contributed by atoms with Gasteiger partial charge in [-0.25, -0.2) is 12.7 Å². The summed E-state index contributed by atoms with van der Waals surface area (Å²) in [5.41, 5.74) is 2.24. The van der Waals surface area contributed by atoms with Crippen molar-refractivity contribution in [1.29, 1.82) is 0 Å². The van der Waals surface area contributed by atoms with Crippen LogP contribution in [-0.2, 0) is 34.2 Å². The molecule has 0 aromatic heterocycles. The van der Waals surface area contributed by atoms with E-state index in [9.17, 15) is 13.2 Å². The van der Waals surface area contributed by atoms with Crippen molar-refractivity contribution < 1.29 is 13.2 Å². The summed E-state index contributed by atoms with van der Waals surface area (Å²) in [5.74, 6) is -0.0866. The quantitative estimate of drug-likeness (QED) is 0.752. The second-order valence-electron chi connectivity index (χ2n) is 6.62. The summed E-state index contributed by atoms with van der Waals surface area (Å²) in [6, 6.07) is 10.4. The van der Waals surface area contributed by atoms with E-state index in [1.165, 1.54) is 18.4 Å². The summed E-state index contributed by atoms with van der Waals surface area (Å²) in [7, 11) is -0.492. The van der Waals surface area contributed by atoms with Gasteiger partial charge in [0.25, 0.3) is 0 Å². The van der Waals surface area contributed by atoms with Gasteiger partial charge in [0.05, 0.1) is 11.3 Å². The third kappa shape index (κ3) is 3.99. The third-order valence-corrected chi connectivity index (χ3v) is 7.33. The van der Waals surface area contributed by atoms with Crippen LogP contribution in [0.15, 0.2) is 41.3 Å². The summed E-state index contributed by atoms with van der Waals surface area (Å²) < 4.78 is 26.3. The highest BCUT2D eigenvalue weighted by molar-refractivity contribution is 7.89. The first-order valence-corrected chi connectivity index (χ1v) is 10.7. The van der Waals surface area contributed by atoms with E-state index in [0.29, 0.717) is 40.0 Å². The largest absolute Gasteiger partial charge is 0.338 e. The van der Waals surface area contributed by atoms with Gasteiger partial charge in [-0.1, -0.05) is 41.4 Å². The Bertz CT molecular complexity index is 970. The fourth-order valence-electron chi connectivity index (χ4n) is 3.19. The van der Waals surface area contributed by atoms with Gasteiger partial charge in [-0.2, -0.15) is 0 Å². The monoisotopic (exact) mass is 426 g/mol. The van der Waals surface area contributed by atoms with Crippen molar-refractivity contribution in [2.24, 2.45) is 0 Å². The van der Waals surface area contributed by atoms with Gasteiger partial charge in [0.15, 0.2) is 0 Å². The molecule has 3 rings (SSSR count). The number of benzene rings is 2. The summed E-state index contributed by atoms with van der Waals surface area (Å²) in [6.45, 7) is 0.820. The second-order valence-corrected chi connectivity index (χ2v) is 9.56. The topological polar surface area (TPSA) is 57.7 Å². The van der Waals surface area contributed by atoms with Gasteiger partial charge >= 0.3 is 0 Å².